The number of carbonyl (C=O) groups excluding carboxylic acids is 1. The Balaban J connectivity index is 2.80. The lowest BCUT2D eigenvalue weighted by molar-refractivity contribution is 0.0925. The van der Waals surface area contributed by atoms with Gasteiger partial charge in [-0.05, 0) is 25.0 Å². The van der Waals surface area contributed by atoms with Crippen LogP contribution in [0.3, 0.4) is 0 Å². The van der Waals surface area contributed by atoms with Crippen LogP contribution < -0.4 is 15.8 Å². The second kappa shape index (κ2) is 7.02. The average molecular weight is 264 g/mol. The minimum Gasteiger partial charge on any atom is -0.497 e. The van der Waals surface area contributed by atoms with E-state index in [9.17, 15) is 4.79 Å². The van der Waals surface area contributed by atoms with Gasteiger partial charge in [-0.1, -0.05) is 26.7 Å². The first kappa shape index (κ1) is 15.3. The number of hydrogen-bond donors (Lipinski definition) is 2. The number of methoxy groups -OCH3 is 1. The summed E-state index contributed by atoms with van der Waals surface area (Å²) in [4.78, 5) is 12.2. The number of ether oxygens (including phenoxy) is 1. The first-order valence-electron chi connectivity index (χ1n) is 6.77. The maximum absolute atomic E-state index is 12.2. The van der Waals surface area contributed by atoms with Crippen LogP contribution in [0.2, 0.25) is 0 Å². The molecule has 1 unspecified atom stereocenters. The molecular weight excluding hydrogens is 240 g/mol. The van der Waals surface area contributed by atoms with Gasteiger partial charge in [0.05, 0.1) is 7.11 Å². The van der Waals surface area contributed by atoms with Crippen molar-refractivity contribution in [2.45, 2.75) is 39.7 Å². The molecule has 1 rings (SSSR count). The van der Waals surface area contributed by atoms with Gasteiger partial charge >= 0.3 is 0 Å². The van der Waals surface area contributed by atoms with Crippen LogP contribution in [-0.4, -0.2) is 19.1 Å². The molecule has 0 aliphatic carbocycles. The Morgan fingerprint density at radius 3 is 2.47 bits per heavy atom. The van der Waals surface area contributed by atoms with Crippen molar-refractivity contribution in [3.8, 4) is 5.75 Å². The Hall–Kier alpha value is -1.71. The van der Waals surface area contributed by atoms with Gasteiger partial charge in [0.25, 0.3) is 5.91 Å². The molecule has 1 atom stereocenters. The van der Waals surface area contributed by atoms with Gasteiger partial charge < -0.3 is 15.8 Å². The highest BCUT2D eigenvalue weighted by molar-refractivity contribution is 5.95. The second-order valence-electron chi connectivity index (χ2n) is 4.83. The summed E-state index contributed by atoms with van der Waals surface area (Å²) in [5, 5.41) is 3.03. The van der Waals surface area contributed by atoms with Gasteiger partial charge in [0.15, 0.2) is 0 Å². The third-order valence-corrected chi connectivity index (χ3v) is 3.54. The van der Waals surface area contributed by atoms with Gasteiger partial charge in [-0.3, -0.25) is 4.79 Å². The van der Waals surface area contributed by atoms with Crippen LogP contribution in [0.25, 0.3) is 0 Å². The van der Waals surface area contributed by atoms with E-state index in [-0.39, 0.29) is 11.9 Å². The number of nitrogens with one attached hydrogen (secondary N) is 1. The van der Waals surface area contributed by atoms with E-state index in [2.05, 4.69) is 19.2 Å². The van der Waals surface area contributed by atoms with Crippen molar-refractivity contribution in [1.29, 1.82) is 0 Å². The molecule has 0 saturated heterocycles. The molecule has 4 nitrogen and oxygen atoms in total. The normalized spacial score (nSPS) is 12.3. The van der Waals surface area contributed by atoms with Crippen molar-refractivity contribution in [3.63, 3.8) is 0 Å². The minimum absolute atomic E-state index is 0.106. The van der Waals surface area contributed by atoms with E-state index in [1.54, 1.807) is 25.3 Å². The number of carbonyl (C=O) groups is 1. The maximum atomic E-state index is 12.2. The summed E-state index contributed by atoms with van der Waals surface area (Å²) in [6.45, 7) is 6.32. The van der Waals surface area contributed by atoms with E-state index >= 15 is 0 Å². The largest absolute Gasteiger partial charge is 0.497 e. The van der Waals surface area contributed by atoms with Crippen molar-refractivity contribution in [1.82, 2.24) is 5.32 Å². The number of rotatable bonds is 6. The molecule has 1 aromatic carbocycles. The standard InChI is InChI=1S/C15H24N2O2/c1-5-11(6-2)10(3)17-15(18)12-7-13(16)9-14(8-12)19-4/h7-11H,5-6,16H2,1-4H3,(H,17,18). The highest BCUT2D eigenvalue weighted by atomic mass is 16.5. The van der Waals surface area contributed by atoms with E-state index in [1.165, 1.54) is 0 Å². The zero-order valence-corrected chi connectivity index (χ0v) is 12.2. The lowest BCUT2D eigenvalue weighted by atomic mass is 9.95. The highest BCUT2D eigenvalue weighted by Gasteiger charge is 2.17. The third kappa shape index (κ3) is 4.16. The van der Waals surface area contributed by atoms with Crippen LogP contribution in [0.4, 0.5) is 5.69 Å². The summed E-state index contributed by atoms with van der Waals surface area (Å²) in [5.74, 6) is 0.984. The molecule has 0 fully saturated rings. The SMILES string of the molecule is CCC(CC)C(C)NC(=O)c1cc(N)cc(OC)c1. The number of benzene rings is 1. The molecule has 0 aliphatic rings. The fraction of sp³-hybridized carbons (Fsp3) is 0.533. The molecule has 1 aromatic rings. The number of hydrogen-bond acceptors (Lipinski definition) is 3. The number of nitrogen functional groups attached to an aromatic ring is 1. The van der Waals surface area contributed by atoms with Crippen LogP contribution in [0.5, 0.6) is 5.75 Å². The predicted molar refractivity (Wildman–Crippen MR) is 78.4 cm³/mol. The topological polar surface area (TPSA) is 64.4 Å². The lowest BCUT2D eigenvalue weighted by Gasteiger charge is -2.22. The first-order valence-corrected chi connectivity index (χ1v) is 6.77. The number of nitrogens with two attached hydrogens (primary N) is 1. The summed E-state index contributed by atoms with van der Waals surface area (Å²) in [6, 6.07) is 5.21. The van der Waals surface area contributed by atoms with Crippen LogP contribution in [0.15, 0.2) is 18.2 Å². The molecule has 0 aliphatic heterocycles. The van der Waals surface area contributed by atoms with Gasteiger partial charge in [-0.25, -0.2) is 0 Å². The molecule has 1 amide bonds. The van der Waals surface area contributed by atoms with E-state index in [4.69, 9.17) is 10.5 Å². The van der Waals surface area contributed by atoms with Crippen molar-refractivity contribution >= 4 is 11.6 Å². The van der Waals surface area contributed by atoms with E-state index in [0.717, 1.165) is 12.8 Å². The van der Waals surface area contributed by atoms with Crippen molar-refractivity contribution < 1.29 is 9.53 Å². The van der Waals surface area contributed by atoms with Gasteiger partial charge in [-0.2, -0.15) is 0 Å². The third-order valence-electron chi connectivity index (χ3n) is 3.54. The number of amides is 1. The molecule has 0 spiro atoms. The Kier molecular flexibility index (Phi) is 5.67. The van der Waals surface area contributed by atoms with E-state index in [1.807, 2.05) is 6.92 Å². The molecule has 4 heteroatoms. The second-order valence-corrected chi connectivity index (χ2v) is 4.83. The lowest BCUT2D eigenvalue weighted by Crippen LogP contribution is -2.37. The number of anilines is 1. The zero-order chi connectivity index (χ0) is 14.4. The van der Waals surface area contributed by atoms with Gasteiger partial charge in [0, 0.05) is 23.4 Å². The smallest absolute Gasteiger partial charge is 0.251 e. The Morgan fingerprint density at radius 1 is 1.32 bits per heavy atom. The maximum Gasteiger partial charge on any atom is 0.251 e. The molecule has 3 N–H and O–H groups in total. The minimum atomic E-state index is -0.106. The average Bonchev–Trinajstić information content (AvgIpc) is 2.39. The van der Waals surface area contributed by atoms with Crippen LogP contribution in [0.1, 0.15) is 44.0 Å². The van der Waals surface area contributed by atoms with Gasteiger partial charge in [-0.15, -0.1) is 0 Å². The Bertz CT molecular complexity index is 428. The van der Waals surface area contributed by atoms with Crippen molar-refractivity contribution in [3.05, 3.63) is 23.8 Å². The molecule has 0 saturated carbocycles. The summed E-state index contributed by atoms with van der Waals surface area (Å²) < 4.78 is 5.12. The van der Waals surface area contributed by atoms with Crippen molar-refractivity contribution in [2.24, 2.45) is 5.92 Å². The highest BCUT2D eigenvalue weighted by Crippen LogP contribution is 2.19. The monoisotopic (exact) mass is 264 g/mol. The van der Waals surface area contributed by atoms with Gasteiger partial charge in [0.1, 0.15) is 5.75 Å². The molecule has 0 radical (unpaired) electrons. The molecule has 19 heavy (non-hydrogen) atoms. The molecule has 106 valence electrons. The van der Waals surface area contributed by atoms with E-state index < -0.39 is 0 Å². The fourth-order valence-electron chi connectivity index (χ4n) is 2.27. The van der Waals surface area contributed by atoms with Crippen LogP contribution in [0, 0.1) is 5.92 Å². The fourth-order valence-corrected chi connectivity index (χ4v) is 2.27. The summed E-state index contributed by atoms with van der Waals surface area (Å²) in [7, 11) is 1.56. The van der Waals surface area contributed by atoms with Crippen LogP contribution in [-0.2, 0) is 0 Å². The van der Waals surface area contributed by atoms with Crippen molar-refractivity contribution in [2.75, 3.05) is 12.8 Å². The molecule has 0 bridgehead atoms. The Labute approximate surface area is 115 Å². The molecule has 0 heterocycles. The molecule has 0 aromatic heterocycles. The summed E-state index contributed by atoms with van der Waals surface area (Å²) >= 11 is 0. The first-order chi connectivity index (χ1) is 9.01. The summed E-state index contributed by atoms with van der Waals surface area (Å²) in [5.41, 5.74) is 6.82. The summed E-state index contributed by atoms with van der Waals surface area (Å²) in [6.07, 6.45) is 2.11. The van der Waals surface area contributed by atoms with Crippen LogP contribution >= 0.6 is 0 Å². The van der Waals surface area contributed by atoms with E-state index in [0.29, 0.717) is 22.9 Å². The quantitative estimate of drug-likeness (QED) is 0.776. The zero-order valence-electron chi connectivity index (χ0n) is 12.2. The van der Waals surface area contributed by atoms with Gasteiger partial charge in [0.2, 0.25) is 0 Å². The molecular formula is C15H24N2O2. The predicted octanol–water partition coefficient (Wildman–Crippen LogP) is 2.83. The Morgan fingerprint density at radius 2 is 1.95 bits per heavy atom.